The fourth-order valence-electron chi connectivity index (χ4n) is 3.72. The van der Waals surface area contributed by atoms with Gasteiger partial charge in [0.2, 0.25) is 17.8 Å². The Morgan fingerprint density at radius 2 is 0.875 bits per heavy atom. The SMILES string of the molecule is C1CCN(c2nc(N3CCCCC3)nc(N3CCOCC3)n2)CC1. The Kier molecular flexibility index (Phi) is 4.96. The lowest BCUT2D eigenvalue weighted by atomic mass is 10.1. The number of hydrogen-bond acceptors (Lipinski definition) is 7. The summed E-state index contributed by atoms with van der Waals surface area (Å²) in [4.78, 5) is 21.4. The first-order chi connectivity index (χ1) is 11.9. The predicted molar refractivity (Wildman–Crippen MR) is 95.0 cm³/mol. The van der Waals surface area contributed by atoms with E-state index in [1.807, 2.05) is 0 Å². The molecule has 0 bridgehead atoms. The van der Waals surface area contributed by atoms with E-state index < -0.39 is 0 Å². The molecular weight excluding hydrogens is 304 g/mol. The lowest BCUT2D eigenvalue weighted by Crippen LogP contribution is -2.39. The van der Waals surface area contributed by atoms with E-state index in [1.54, 1.807) is 0 Å². The van der Waals surface area contributed by atoms with Gasteiger partial charge in [0.1, 0.15) is 0 Å². The van der Waals surface area contributed by atoms with Crippen LogP contribution in [0.5, 0.6) is 0 Å². The second kappa shape index (κ2) is 7.51. The van der Waals surface area contributed by atoms with E-state index >= 15 is 0 Å². The molecule has 1 aromatic rings. The molecule has 0 N–H and O–H groups in total. The topological polar surface area (TPSA) is 57.6 Å². The van der Waals surface area contributed by atoms with Crippen molar-refractivity contribution >= 4 is 17.8 Å². The maximum absolute atomic E-state index is 5.48. The van der Waals surface area contributed by atoms with Gasteiger partial charge in [-0.3, -0.25) is 0 Å². The van der Waals surface area contributed by atoms with Crippen LogP contribution in [0.25, 0.3) is 0 Å². The monoisotopic (exact) mass is 332 g/mol. The highest BCUT2D eigenvalue weighted by molar-refractivity contribution is 5.47. The van der Waals surface area contributed by atoms with E-state index in [1.165, 1.54) is 38.5 Å². The highest BCUT2D eigenvalue weighted by Crippen LogP contribution is 2.24. The highest BCUT2D eigenvalue weighted by atomic mass is 16.5. The summed E-state index contributed by atoms with van der Waals surface area (Å²) in [7, 11) is 0. The molecule has 3 aliphatic rings. The van der Waals surface area contributed by atoms with Gasteiger partial charge in [0.25, 0.3) is 0 Å². The number of piperidine rings is 2. The van der Waals surface area contributed by atoms with Crippen LogP contribution in [0.15, 0.2) is 0 Å². The minimum Gasteiger partial charge on any atom is -0.378 e. The van der Waals surface area contributed by atoms with Crippen LogP contribution in [0.3, 0.4) is 0 Å². The number of aromatic nitrogens is 3. The van der Waals surface area contributed by atoms with Gasteiger partial charge >= 0.3 is 0 Å². The lowest BCUT2D eigenvalue weighted by Gasteiger charge is -2.32. The van der Waals surface area contributed by atoms with Crippen molar-refractivity contribution in [3.05, 3.63) is 0 Å². The molecule has 24 heavy (non-hydrogen) atoms. The zero-order valence-corrected chi connectivity index (χ0v) is 14.5. The summed E-state index contributed by atoms with van der Waals surface area (Å²) in [6, 6.07) is 0. The number of hydrogen-bond donors (Lipinski definition) is 0. The summed E-state index contributed by atoms with van der Waals surface area (Å²) in [5.41, 5.74) is 0. The smallest absolute Gasteiger partial charge is 0.232 e. The van der Waals surface area contributed by atoms with E-state index in [0.717, 1.165) is 70.3 Å². The van der Waals surface area contributed by atoms with Crippen LogP contribution >= 0.6 is 0 Å². The second-order valence-electron chi connectivity index (χ2n) is 6.93. The van der Waals surface area contributed by atoms with Crippen molar-refractivity contribution in [2.24, 2.45) is 0 Å². The maximum atomic E-state index is 5.48. The first-order valence-electron chi connectivity index (χ1n) is 9.49. The van der Waals surface area contributed by atoms with Crippen molar-refractivity contribution in [2.75, 3.05) is 67.2 Å². The van der Waals surface area contributed by atoms with E-state index in [2.05, 4.69) is 14.7 Å². The molecule has 0 saturated carbocycles. The third kappa shape index (κ3) is 3.55. The Hall–Kier alpha value is -1.63. The molecule has 0 unspecified atom stereocenters. The van der Waals surface area contributed by atoms with E-state index in [-0.39, 0.29) is 0 Å². The van der Waals surface area contributed by atoms with Gasteiger partial charge in [0.15, 0.2) is 0 Å². The normalized spacial score (nSPS) is 22.8. The highest BCUT2D eigenvalue weighted by Gasteiger charge is 2.23. The summed E-state index contributed by atoms with van der Waals surface area (Å²) >= 11 is 0. The Balaban J connectivity index is 1.63. The van der Waals surface area contributed by atoms with Gasteiger partial charge in [-0.25, -0.2) is 0 Å². The van der Waals surface area contributed by atoms with Gasteiger partial charge in [0, 0.05) is 39.3 Å². The van der Waals surface area contributed by atoms with Crippen molar-refractivity contribution in [1.82, 2.24) is 15.0 Å². The average molecular weight is 332 g/mol. The molecule has 0 aliphatic carbocycles. The molecule has 0 spiro atoms. The summed E-state index contributed by atoms with van der Waals surface area (Å²) in [5, 5.41) is 0. The van der Waals surface area contributed by atoms with E-state index in [9.17, 15) is 0 Å². The fourth-order valence-corrected chi connectivity index (χ4v) is 3.72. The number of nitrogens with zero attached hydrogens (tertiary/aromatic N) is 6. The standard InChI is InChI=1S/C17H28N6O/c1-3-7-21(8-4-1)15-18-16(22-9-5-2-6-10-22)20-17(19-15)23-11-13-24-14-12-23/h1-14H2. The summed E-state index contributed by atoms with van der Waals surface area (Å²) in [5.74, 6) is 2.56. The van der Waals surface area contributed by atoms with Crippen LogP contribution in [-0.4, -0.2) is 67.4 Å². The van der Waals surface area contributed by atoms with Gasteiger partial charge in [-0.15, -0.1) is 0 Å². The Morgan fingerprint density at radius 3 is 1.29 bits per heavy atom. The Labute approximate surface area is 144 Å². The van der Waals surface area contributed by atoms with Crippen molar-refractivity contribution in [2.45, 2.75) is 38.5 Å². The molecule has 1 aromatic heterocycles. The van der Waals surface area contributed by atoms with Crippen LogP contribution < -0.4 is 14.7 Å². The van der Waals surface area contributed by atoms with E-state index in [0.29, 0.717) is 0 Å². The van der Waals surface area contributed by atoms with Gasteiger partial charge < -0.3 is 19.4 Å². The molecule has 7 nitrogen and oxygen atoms in total. The summed E-state index contributed by atoms with van der Waals surface area (Å²) < 4.78 is 5.48. The molecule has 7 heteroatoms. The molecular formula is C17H28N6O. The third-order valence-electron chi connectivity index (χ3n) is 5.17. The minimum absolute atomic E-state index is 0.754. The van der Waals surface area contributed by atoms with Crippen molar-refractivity contribution < 1.29 is 4.74 Å². The zero-order valence-electron chi connectivity index (χ0n) is 14.5. The molecule has 4 rings (SSSR count). The van der Waals surface area contributed by atoms with Gasteiger partial charge in [0.05, 0.1) is 13.2 Å². The summed E-state index contributed by atoms with van der Waals surface area (Å²) in [6.45, 7) is 7.48. The molecule has 4 heterocycles. The molecule has 3 saturated heterocycles. The second-order valence-corrected chi connectivity index (χ2v) is 6.93. The minimum atomic E-state index is 0.754. The van der Waals surface area contributed by atoms with Crippen LogP contribution in [0.1, 0.15) is 38.5 Å². The van der Waals surface area contributed by atoms with Gasteiger partial charge in [-0.2, -0.15) is 15.0 Å². The fraction of sp³-hybridized carbons (Fsp3) is 0.824. The van der Waals surface area contributed by atoms with Crippen molar-refractivity contribution in [3.8, 4) is 0 Å². The maximum Gasteiger partial charge on any atom is 0.232 e. The van der Waals surface area contributed by atoms with E-state index in [4.69, 9.17) is 19.7 Å². The van der Waals surface area contributed by atoms with Crippen LogP contribution in [0.4, 0.5) is 17.8 Å². The van der Waals surface area contributed by atoms with Crippen LogP contribution in [0.2, 0.25) is 0 Å². The first-order valence-corrected chi connectivity index (χ1v) is 9.49. The molecule has 0 aromatic carbocycles. The average Bonchev–Trinajstić information content (AvgIpc) is 2.70. The molecule has 0 radical (unpaired) electrons. The summed E-state index contributed by atoms with van der Waals surface area (Å²) in [6.07, 6.45) is 7.57. The number of ether oxygens (including phenoxy) is 1. The van der Waals surface area contributed by atoms with Crippen molar-refractivity contribution in [1.29, 1.82) is 0 Å². The number of anilines is 3. The molecule has 3 fully saturated rings. The molecule has 0 atom stereocenters. The molecule has 0 amide bonds. The van der Waals surface area contributed by atoms with Crippen LogP contribution in [0, 0.1) is 0 Å². The Bertz CT molecular complexity index is 447. The number of rotatable bonds is 3. The van der Waals surface area contributed by atoms with Gasteiger partial charge in [-0.05, 0) is 38.5 Å². The Morgan fingerprint density at radius 1 is 0.500 bits per heavy atom. The van der Waals surface area contributed by atoms with Crippen LogP contribution in [-0.2, 0) is 4.74 Å². The van der Waals surface area contributed by atoms with Crippen molar-refractivity contribution in [3.63, 3.8) is 0 Å². The van der Waals surface area contributed by atoms with Gasteiger partial charge in [-0.1, -0.05) is 0 Å². The first kappa shape index (κ1) is 15.9. The lowest BCUT2D eigenvalue weighted by molar-refractivity contribution is 0.122. The quantitative estimate of drug-likeness (QED) is 0.835. The third-order valence-corrected chi connectivity index (χ3v) is 5.17. The zero-order chi connectivity index (χ0) is 16.2. The predicted octanol–water partition coefficient (Wildman–Crippen LogP) is 1.69. The molecule has 132 valence electrons. The number of morpholine rings is 1. The molecule has 3 aliphatic heterocycles. The largest absolute Gasteiger partial charge is 0.378 e.